The molecule has 10 heavy (non-hydrogen) atoms. The maximum atomic E-state index is 9.07. The van der Waals surface area contributed by atoms with Crippen LogP contribution in [0.1, 0.15) is 19.3 Å². The van der Waals surface area contributed by atoms with E-state index in [1.165, 1.54) is 19.3 Å². The van der Waals surface area contributed by atoms with E-state index in [0.717, 1.165) is 11.8 Å². The Hall–Kier alpha value is -0.0800. The van der Waals surface area contributed by atoms with Gasteiger partial charge in [0.15, 0.2) is 0 Å². The van der Waals surface area contributed by atoms with E-state index >= 15 is 0 Å². The third-order valence-corrected chi connectivity index (χ3v) is 3.23. The molecule has 0 saturated heterocycles. The lowest BCUT2D eigenvalue weighted by Gasteiger charge is -2.26. The van der Waals surface area contributed by atoms with Gasteiger partial charge in [0.1, 0.15) is 0 Å². The smallest absolute Gasteiger partial charge is 0.0499 e. The van der Waals surface area contributed by atoms with Crippen LogP contribution >= 0.6 is 0 Å². The minimum atomic E-state index is 0.133. The van der Waals surface area contributed by atoms with Crippen LogP contribution in [0.2, 0.25) is 0 Å². The molecule has 2 nitrogen and oxygen atoms in total. The highest BCUT2D eigenvalue weighted by Gasteiger charge is 2.52. The molecule has 3 N–H and O–H groups in total. The van der Waals surface area contributed by atoms with Crippen LogP contribution in [-0.4, -0.2) is 18.3 Å². The van der Waals surface area contributed by atoms with Crippen molar-refractivity contribution in [1.29, 1.82) is 0 Å². The Morgan fingerprint density at radius 3 is 2.30 bits per heavy atom. The molecular weight excluding hydrogens is 126 g/mol. The second kappa shape index (κ2) is 1.95. The van der Waals surface area contributed by atoms with Crippen LogP contribution in [0.25, 0.3) is 0 Å². The third kappa shape index (κ3) is 0.789. The first-order valence-electron chi connectivity index (χ1n) is 4.11. The van der Waals surface area contributed by atoms with Crippen LogP contribution in [0.4, 0.5) is 0 Å². The molecule has 0 aromatic rings. The van der Waals surface area contributed by atoms with Crippen LogP contribution in [0.3, 0.4) is 0 Å². The van der Waals surface area contributed by atoms with Crippen molar-refractivity contribution >= 4 is 0 Å². The SMILES string of the molecule is NCC1(CO)CC2CC2C1. The molecule has 58 valence electrons. The number of hydrogen-bond acceptors (Lipinski definition) is 2. The monoisotopic (exact) mass is 141 g/mol. The second-order valence-corrected chi connectivity index (χ2v) is 4.03. The summed E-state index contributed by atoms with van der Waals surface area (Å²) >= 11 is 0. The van der Waals surface area contributed by atoms with E-state index in [1.807, 2.05) is 0 Å². The van der Waals surface area contributed by atoms with Crippen molar-refractivity contribution in [2.24, 2.45) is 23.0 Å². The highest BCUT2D eigenvalue weighted by atomic mass is 16.3. The van der Waals surface area contributed by atoms with Crippen molar-refractivity contribution in [2.45, 2.75) is 19.3 Å². The van der Waals surface area contributed by atoms with Crippen LogP contribution in [0, 0.1) is 17.3 Å². The number of aliphatic hydroxyl groups is 1. The molecule has 0 aromatic carbocycles. The van der Waals surface area contributed by atoms with Gasteiger partial charge in [-0.1, -0.05) is 0 Å². The molecule has 0 radical (unpaired) electrons. The van der Waals surface area contributed by atoms with Gasteiger partial charge in [-0.2, -0.15) is 0 Å². The van der Waals surface area contributed by atoms with Crippen molar-refractivity contribution in [1.82, 2.24) is 0 Å². The van der Waals surface area contributed by atoms with E-state index in [2.05, 4.69) is 0 Å². The molecule has 2 rings (SSSR count). The Labute approximate surface area is 61.4 Å². The average Bonchev–Trinajstić information content (AvgIpc) is 2.60. The summed E-state index contributed by atoms with van der Waals surface area (Å²) in [7, 11) is 0. The van der Waals surface area contributed by atoms with E-state index in [1.54, 1.807) is 0 Å². The maximum Gasteiger partial charge on any atom is 0.0499 e. The van der Waals surface area contributed by atoms with Gasteiger partial charge in [0.2, 0.25) is 0 Å². The number of hydrogen-bond donors (Lipinski definition) is 2. The van der Waals surface area contributed by atoms with Crippen molar-refractivity contribution in [3.63, 3.8) is 0 Å². The summed E-state index contributed by atoms with van der Waals surface area (Å²) in [6.07, 6.45) is 3.77. The highest BCUT2D eigenvalue weighted by Crippen LogP contribution is 2.59. The van der Waals surface area contributed by atoms with Gasteiger partial charge < -0.3 is 10.8 Å². The number of fused-ring (bicyclic) bond motifs is 1. The van der Waals surface area contributed by atoms with E-state index in [9.17, 15) is 0 Å². The summed E-state index contributed by atoms with van der Waals surface area (Å²) in [5.41, 5.74) is 5.73. The van der Waals surface area contributed by atoms with Gasteiger partial charge in [-0.05, 0) is 31.1 Å². The quantitative estimate of drug-likeness (QED) is 0.583. The van der Waals surface area contributed by atoms with Crippen molar-refractivity contribution < 1.29 is 5.11 Å². The van der Waals surface area contributed by atoms with E-state index < -0.39 is 0 Å². The summed E-state index contributed by atoms with van der Waals surface area (Å²) in [4.78, 5) is 0. The van der Waals surface area contributed by atoms with Gasteiger partial charge in [-0.15, -0.1) is 0 Å². The summed E-state index contributed by atoms with van der Waals surface area (Å²) < 4.78 is 0. The molecule has 2 atom stereocenters. The van der Waals surface area contributed by atoms with Gasteiger partial charge in [-0.25, -0.2) is 0 Å². The van der Waals surface area contributed by atoms with Gasteiger partial charge >= 0.3 is 0 Å². The van der Waals surface area contributed by atoms with E-state index in [-0.39, 0.29) is 5.41 Å². The maximum absolute atomic E-state index is 9.07. The standard InChI is InChI=1S/C8H15NO/c9-4-8(5-10)2-6-1-7(6)3-8/h6-7,10H,1-5,9H2. The molecule has 2 saturated carbocycles. The first kappa shape index (κ1) is 6.62. The van der Waals surface area contributed by atoms with Crippen LogP contribution in [0.15, 0.2) is 0 Å². The third-order valence-electron chi connectivity index (χ3n) is 3.23. The minimum Gasteiger partial charge on any atom is -0.396 e. The van der Waals surface area contributed by atoms with Crippen LogP contribution < -0.4 is 5.73 Å². The fourth-order valence-corrected chi connectivity index (χ4v) is 2.37. The Morgan fingerprint density at radius 2 is 2.00 bits per heavy atom. The van der Waals surface area contributed by atoms with Gasteiger partial charge in [0.05, 0.1) is 0 Å². The number of nitrogens with two attached hydrogens (primary N) is 1. The normalized spacial score (nSPS) is 51.0. The molecule has 2 heteroatoms. The molecule has 0 amide bonds. The first-order chi connectivity index (χ1) is 4.79. The predicted octanol–water partition coefficient (Wildman–Crippen LogP) is 0.354. The minimum absolute atomic E-state index is 0.133. The Kier molecular flexibility index (Phi) is 1.29. The summed E-state index contributed by atoms with van der Waals surface area (Å²) in [5.74, 6) is 1.85. The molecule has 0 spiro atoms. The Bertz CT molecular complexity index is 130. The molecule has 0 bridgehead atoms. The largest absolute Gasteiger partial charge is 0.396 e. The molecule has 2 fully saturated rings. The Morgan fingerprint density at radius 1 is 1.40 bits per heavy atom. The van der Waals surface area contributed by atoms with Crippen molar-refractivity contribution in [2.75, 3.05) is 13.2 Å². The zero-order valence-electron chi connectivity index (χ0n) is 6.21. The fraction of sp³-hybridized carbons (Fsp3) is 1.00. The molecule has 0 aliphatic heterocycles. The number of aliphatic hydroxyl groups excluding tert-OH is 1. The van der Waals surface area contributed by atoms with Crippen molar-refractivity contribution in [3.05, 3.63) is 0 Å². The lowest BCUT2D eigenvalue weighted by molar-refractivity contribution is 0.125. The van der Waals surface area contributed by atoms with E-state index in [0.29, 0.717) is 13.2 Å². The molecule has 2 aliphatic carbocycles. The fourth-order valence-electron chi connectivity index (χ4n) is 2.37. The lowest BCUT2D eigenvalue weighted by atomic mass is 9.84. The second-order valence-electron chi connectivity index (χ2n) is 4.03. The highest BCUT2D eigenvalue weighted by molar-refractivity contribution is 5.03. The first-order valence-corrected chi connectivity index (χ1v) is 4.11. The summed E-state index contributed by atoms with van der Waals surface area (Å²) in [6, 6.07) is 0. The zero-order chi connectivity index (χ0) is 7.19. The van der Waals surface area contributed by atoms with Gasteiger partial charge in [0.25, 0.3) is 0 Å². The molecule has 0 aromatic heterocycles. The predicted molar refractivity (Wildman–Crippen MR) is 39.4 cm³/mol. The molecule has 0 heterocycles. The van der Waals surface area contributed by atoms with Crippen LogP contribution in [-0.2, 0) is 0 Å². The van der Waals surface area contributed by atoms with Crippen LogP contribution in [0.5, 0.6) is 0 Å². The molecular formula is C8H15NO. The molecule has 2 aliphatic rings. The Balaban J connectivity index is 2.02. The van der Waals surface area contributed by atoms with Gasteiger partial charge in [-0.3, -0.25) is 0 Å². The summed E-state index contributed by atoms with van der Waals surface area (Å²) in [5, 5.41) is 9.07. The number of rotatable bonds is 2. The molecule has 2 unspecified atom stereocenters. The van der Waals surface area contributed by atoms with Crippen molar-refractivity contribution in [3.8, 4) is 0 Å². The lowest BCUT2D eigenvalue weighted by Crippen LogP contribution is -2.32. The average molecular weight is 141 g/mol. The summed E-state index contributed by atoms with van der Waals surface area (Å²) in [6.45, 7) is 0.979. The van der Waals surface area contributed by atoms with E-state index in [4.69, 9.17) is 10.8 Å². The van der Waals surface area contributed by atoms with Gasteiger partial charge in [0, 0.05) is 18.6 Å². The zero-order valence-corrected chi connectivity index (χ0v) is 6.21. The topological polar surface area (TPSA) is 46.2 Å².